The Bertz CT molecular complexity index is 921. The average molecular weight is 526 g/mol. The lowest BCUT2D eigenvalue weighted by Gasteiger charge is -2.37. The molecule has 0 spiro atoms. The second kappa shape index (κ2) is 10.1. The first-order chi connectivity index (χ1) is 13.7. The zero-order valence-corrected chi connectivity index (χ0v) is 19.3. The van der Waals surface area contributed by atoms with E-state index in [4.69, 9.17) is 0 Å². The largest absolute Gasteiger partial charge is 0.360 e. The Labute approximate surface area is 191 Å². The molecule has 0 radical (unpaired) electrons. The summed E-state index contributed by atoms with van der Waals surface area (Å²) < 4.78 is 16.1. The average Bonchev–Trinajstić information content (AvgIpc) is 3.43. The van der Waals surface area contributed by atoms with Crippen molar-refractivity contribution in [2.75, 3.05) is 38.1 Å². The summed E-state index contributed by atoms with van der Waals surface area (Å²) in [6.45, 7) is 4.28. The quantitative estimate of drug-likeness (QED) is 0.321. The molecule has 1 aliphatic rings. The normalized spacial score (nSPS) is 14.6. The van der Waals surface area contributed by atoms with E-state index in [1.165, 1.54) is 5.00 Å². The number of aliphatic imine (C=N–C) groups is 1. The van der Waals surface area contributed by atoms with Gasteiger partial charge in [0, 0.05) is 52.2 Å². The van der Waals surface area contributed by atoms with Gasteiger partial charge in [0.2, 0.25) is 0 Å². The highest BCUT2D eigenvalue weighted by Crippen LogP contribution is 2.22. The minimum Gasteiger partial charge on any atom is -0.360 e. The molecule has 1 aromatic carbocycles. The summed E-state index contributed by atoms with van der Waals surface area (Å²) in [5.41, 5.74) is 1.37. The number of aromatic nitrogens is 2. The number of nitrogens with one attached hydrogen (secondary N) is 1. The molecular formula is C20H24FIN6S. The minimum absolute atomic E-state index is 0. The third-order valence-electron chi connectivity index (χ3n) is 4.85. The molecule has 3 aromatic rings. The van der Waals surface area contributed by atoms with E-state index >= 15 is 0 Å². The number of nitrogens with zero attached hydrogens (tertiary/aromatic N) is 5. The molecule has 3 heterocycles. The zero-order valence-electron chi connectivity index (χ0n) is 16.2. The van der Waals surface area contributed by atoms with Crippen LogP contribution in [0.3, 0.4) is 0 Å². The van der Waals surface area contributed by atoms with Crippen molar-refractivity contribution in [3.8, 4) is 5.69 Å². The first kappa shape index (κ1) is 21.6. The summed E-state index contributed by atoms with van der Waals surface area (Å²) in [4.78, 5) is 13.0. The van der Waals surface area contributed by atoms with Crippen LogP contribution < -0.4 is 10.2 Å². The molecule has 1 saturated heterocycles. The van der Waals surface area contributed by atoms with Crippen LogP contribution in [0.15, 0.2) is 59.4 Å². The third kappa shape index (κ3) is 5.08. The van der Waals surface area contributed by atoms with Crippen molar-refractivity contribution in [3.05, 3.63) is 65.8 Å². The number of hydrogen-bond acceptors (Lipinski definition) is 4. The van der Waals surface area contributed by atoms with Crippen LogP contribution in [0.2, 0.25) is 0 Å². The highest BCUT2D eigenvalue weighted by Gasteiger charge is 2.20. The lowest BCUT2D eigenvalue weighted by atomic mass is 10.2. The van der Waals surface area contributed by atoms with E-state index in [9.17, 15) is 4.39 Å². The lowest BCUT2D eigenvalue weighted by Crippen LogP contribution is -2.52. The van der Waals surface area contributed by atoms with Gasteiger partial charge in [-0.2, -0.15) is 0 Å². The molecule has 0 atom stereocenters. The molecule has 1 N–H and O–H groups in total. The van der Waals surface area contributed by atoms with Gasteiger partial charge in [-0.3, -0.25) is 4.99 Å². The molecule has 2 aromatic heterocycles. The number of imidazole rings is 1. The van der Waals surface area contributed by atoms with Crippen molar-refractivity contribution in [3.63, 3.8) is 0 Å². The molecule has 1 fully saturated rings. The minimum atomic E-state index is -0.267. The van der Waals surface area contributed by atoms with Gasteiger partial charge in [0.15, 0.2) is 5.96 Å². The first-order valence-electron chi connectivity index (χ1n) is 9.25. The molecule has 0 aliphatic carbocycles. The maximum absolute atomic E-state index is 14.4. The van der Waals surface area contributed by atoms with Crippen LogP contribution in [0.4, 0.5) is 9.39 Å². The Morgan fingerprint density at radius 2 is 2.07 bits per heavy atom. The summed E-state index contributed by atoms with van der Waals surface area (Å²) in [7, 11) is 1.79. The highest BCUT2D eigenvalue weighted by molar-refractivity contribution is 14.0. The first-order valence-corrected chi connectivity index (χ1v) is 10.1. The molecule has 0 bridgehead atoms. The number of thiophene rings is 1. The third-order valence-corrected chi connectivity index (χ3v) is 5.78. The van der Waals surface area contributed by atoms with Gasteiger partial charge in [-0.25, -0.2) is 9.37 Å². The van der Waals surface area contributed by atoms with Gasteiger partial charge >= 0.3 is 0 Å². The van der Waals surface area contributed by atoms with E-state index in [-0.39, 0.29) is 29.8 Å². The Hall–Kier alpha value is -2.14. The molecule has 0 amide bonds. The van der Waals surface area contributed by atoms with Crippen LogP contribution in [-0.4, -0.2) is 53.6 Å². The van der Waals surface area contributed by atoms with Crippen molar-refractivity contribution in [2.24, 2.45) is 4.99 Å². The molecule has 6 nitrogen and oxygen atoms in total. The summed E-state index contributed by atoms with van der Waals surface area (Å²) in [5, 5.41) is 6.79. The SMILES string of the molecule is CN=C(NCc1ccc(-n2ccnc2)c(F)c1)N1CCN(c2cccs2)CC1.I. The lowest BCUT2D eigenvalue weighted by molar-refractivity contribution is 0.373. The number of halogens is 2. The Kier molecular flexibility index (Phi) is 7.48. The smallest absolute Gasteiger partial charge is 0.194 e. The van der Waals surface area contributed by atoms with Gasteiger partial charge in [-0.05, 0) is 35.2 Å². The van der Waals surface area contributed by atoms with E-state index in [1.807, 2.05) is 6.07 Å². The van der Waals surface area contributed by atoms with Crippen LogP contribution in [0, 0.1) is 5.82 Å². The maximum atomic E-state index is 14.4. The molecule has 9 heteroatoms. The number of rotatable bonds is 4. The number of guanidine groups is 1. The number of piperazine rings is 1. The fraction of sp³-hybridized carbons (Fsp3) is 0.300. The standard InChI is InChI=1S/C20H23FN6S.HI/c1-22-20(26-10-8-25(9-11-26)19-3-2-12-28-19)24-14-16-4-5-18(17(21)13-16)27-7-6-23-15-27;/h2-7,12-13,15H,8-11,14H2,1H3,(H,22,24);1H. The van der Waals surface area contributed by atoms with Crippen molar-refractivity contribution in [2.45, 2.75) is 6.54 Å². The zero-order chi connectivity index (χ0) is 19.3. The van der Waals surface area contributed by atoms with Crippen molar-refractivity contribution < 1.29 is 4.39 Å². The second-order valence-corrected chi connectivity index (χ2v) is 7.51. The van der Waals surface area contributed by atoms with Gasteiger partial charge in [0.1, 0.15) is 5.82 Å². The number of benzene rings is 1. The molecule has 154 valence electrons. The summed E-state index contributed by atoms with van der Waals surface area (Å²) >= 11 is 1.77. The summed E-state index contributed by atoms with van der Waals surface area (Å²) in [6, 6.07) is 9.51. The van der Waals surface area contributed by atoms with E-state index in [0.29, 0.717) is 12.2 Å². The van der Waals surface area contributed by atoms with Crippen LogP contribution >= 0.6 is 35.3 Å². The van der Waals surface area contributed by atoms with E-state index in [2.05, 4.69) is 42.6 Å². The molecular weight excluding hydrogens is 502 g/mol. The predicted molar refractivity (Wildman–Crippen MR) is 127 cm³/mol. The van der Waals surface area contributed by atoms with E-state index in [1.54, 1.807) is 53.8 Å². The van der Waals surface area contributed by atoms with Crippen LogP contribution in [0.5, 0.6) is 0 Å². The Balaban J connectivity index is 0.00000240. The second-order valence-electron chi connectivity index (χ2n) is 6.58. The van der Waals surface area contributed by atoms with Crippen molar-refractivity contribution in [1.82, 2.24) is 19.8 Å². The maximum Gasteiger partial charge on any atom is 0.194 e. The fourth-order valence-electron chi connectivity index (χ4n) is 3.37. The van der Waals surface area contributed by atoms with Gasteiger partial charge in [0.25, 0.3) is 0 Å². The molecule has 0 saturated carbocycles. The van der Waals surface area contributed by atoms with Crippen molar-refractivity contribution in [1.29, 1.82) is 0 Å². The molecule has 0 unspecified atom stereocenters. The van der Waals surface area contributed by atoms with Crippen LogP contribution in [-0.2, 0) is 6.54 Å². The number of hydrogen-bond donors (Lipinski definition) is 1. The fourth-order valence-corrected chi connectivity index (χ4v) is 4.16. The molecule has 29 heavy (non-hydrogen) atoms. The molecule has 1 aliphatic heterocycles. The predicted octanol–water partition coefficient (Wildman–Crippen LogP) is 3.59. The van der Waals surface area contributed by atoms with E-state index in [0.717, 1.165) is 37.7 Å². The monoisotopic (exact) mass is 526 g/mol. The van der Waals surface area contributed by atoms with Gasteiger partial charge in [-0.1, -0.05) is 6.07 Å². The summed E-state index contributed by atoms with van der Waals surface area (Å²) in [6.07, 6.45) is 4.96. The Morgan fingerprint density at radius 3 is 2.69 bits per heavy atom. The van der Waals surface area contributed by atoms with Crippen molar-refractivity contribution >= 4 is 46.3 Å². The van der Waals surface area contributed by atoms with Crippen LogP contribution in [0.1, 0.15) is 5.56 Å². The van der Waals surface area contributed by atoms with Crippen LogP contribution in [0.25, 0.3) is 5.69 Å². The van der Waals surface area contributed by atoms with Gasteiger partial charge in [0.05, 0.1) is 17.0 Å². The summed E-state index contributed by atoms with van der Waals surface area (Å²) in [5.74, 6) is 0.585. The number of anilines is 1. The topological polar surface area (TPSA) is 48.7 Å². The molecule has 4 rings (SSSR count). The highest BCUT2D eigenvalue weighted by atomic mass is 127. The van der Waals surface area contributed by atoms with E-state index < -0.39 is 0 Å². The van der Waals surface area contributed by atoms with Gasteiger partial charge < -0.3 is 19.7 Å². The van der Waals surface area contributed by atoms with Gasteiger partial charge in [-0.15, -0.1) is 35.3 Å². The Morgan fingerprint density at radius 1 is 1.24 bits per heavy atom.